The molecule has 4 aliphatic carbocycles. The molecule has 0 aromatic heterocycles. The van der Waals surface area contributed by atoms with Gasteiger partial charge < -0.3 is 24.4 Å². The zero-order valence-electron chi connectivity index (χ0n) is 23.3. The number of carbonyl (C=O) groups is 1. The van der Waals surface area contributed by atoms with Gasteiger partial charge in [0.15, 0.2) is 6.10 Å². The summed E-state index contributed by atoms with van der Waals surface area (Å²) in [6.45, 7) is 15.6. The van der Waals surface area contributed by atoms with E-state index >= 15 is 0 Å². The van der Waals surface area contributed by atoms with E-state index in [1.807, 2.05) is 13.8 Å². The molecule has 5 unspecified atom stereocenters. The average Bonchev–Trinajstić information content (AvgIpc) is 3.19. The maximum Gasteiger partial charge on any atom is 0.509 e. The third kappa shape index (κ3) is 3.22. The monoisotopic (exact) mass is 504 g/mol. The van der Waals surface area contributed by atoms with Crippen LogP contribution in [0.5, 0.6) is 0 Å². The lowest BCUT2D eigenvalue weighted by molar-refractivity contribution is -0.184. The number of carbonyl (C=O) groups excluding carboxylic acids is 1. The van der Waals surface area contributed by atoms with Crippen LogP contribution >= 0.6 is 0 Å². The molecule has 2 heterocycles. The molecular formula is C30H48O6. The minimum atomic E-state index is -0.732. The maximum atomic E-state index is 12.0. The van der Waals surface area contributed by atoms with E-state index < -0.39 is 24.0 Å². The van der Waals surface area contributed by atoms with Crippen molar-refractivity contribution < 1.29 is 29.2 Å². The van der Waals surface area contributed by atoms with Crippen molar-refractivity contribution in [3.05, 3.63) is 0 Å². The fraction of sp³-hybridized carbons (Fsp3) is 0.967. The highest BCUT2D eigenvalue weighted by Gasteiger charge is 2.70. The largest absolute Gasteiger partial charge is 0.509 e. The van der Waals surface area contributed by atoms with E-state index in [2.05, 4.69) is 34.6 Å². The third-order valence-electron chi connectivity index (χ3n) is 12.9. The molecule has 2 N–H and O–H groups in total. The minimum Gasteiger partial charge on any atom is -0.424 e. The van der Waals surface area contributed by atoms with Gasteiger partial charge in [-0.25, -0.2) is 4.79 Å². The van der Waals surface area contributed by atoms with Gasteiger partial charge in [0.25, 0.3) is 0 Å². The quantitative estimate of drug-likeness (QED) is 0.470. The van der Waals surface area contributed by atoms with Gasteiger partial charge >= 0.3 is 6.16 Å². The van der Waals surface area contributed by atoms with Gasteiger partial charge in [0.05, 0.1) is 24.4 Å². The standard InChI is InChI=1S/C30H48O6/c1-15-14-19(25-28(4,5)36-26(33)35-25)34-24-21(15)30(7)13-12-29(6)17-10-11-20(31)27(2,3)16(17)8-9-18(29)22(30)23(24)32/h15-25,31-32H,8-14H2,1-7H3/t15-,16?,17?,18+,19-,20+,21?,22?,23-,24?,25+,29+,30-/m1/s1. The van der Waals surface area contributed by atoms with Crippen molar-refractivity contribution in [2.24, 2.45) is 51.8 Å². The lowest BCUT2D eigenvalue weighted by Gasteiger charge is -2.65. The summed E-state index contributed by atoms with van der Waals surface area (Å²) in [6, 6.07) is 0. The summed E-state index contributed by atoms with van der Waals surface area (Å²) in [5.74, 6) is 2.53. The Morgan fingerprint density at radius 3 is 2.14 bits per heavy atom. The number of fused-ring (bicyclic) bond motifs is 7. The first kappa shape index (κ1) is 25.4. The average molecular weight is 505 g/mol. The van der Waals surface area contributed by atoms with Crippen molar-refractivity contribution in [1.82, 2.24) is 0 Å². The van der Waals surface area contributed by atoms with Gasteiger partial charge in [-0.2, -0.15) is 0 Å². The van der Waals surface area contributed by atoms with Crippen LogP contribution in [0.4, 0.5) is 4.79 Å². The van der Waals surface area contributed by atoms with Crippen LogP contribution in [0.15, 0.2) is 0 Å². The molecule has 0 amide bonds. The molecule has 204 valence electrons. The van der Waals surface area contributed by atoms with Gasteiger partial charge in [-0.15, -0.1) is 0 Å². The second kappa shape index (κ2) is 7.85. The number of aliphatic hydroxyl groups is 2. The molecule has 36 heavy (non-hydrogen) atoms. The van der Waals surface area contributed by atoms with Crippen molar-refractivity contribution in [3.8, 4) is 0 Å². The topological polar surface area (TPSA) is 85.2 Å². The zero-order chi connectivity index (χ0) is 26.0. The maximum absolute atomic E-state index is 12.0. The second-order valence-electron chi connectivity index (χ2n) is 15.2. The minimum absolute atomic E-state index is 0.0433. The molecule has 0 aromatic carbocycles. The summed E-state index contributed by atoms with van der Waals surface area (Å²) in [5, 5.41) is 22.9. The number of rotatable bonds is 1. The fourth-order valence-corrected chi connectivity index (χ4v) is 11.1. The van der Waals surface area contributed by atoms with Crippen molar-refractivity contribution >= 4 is 6.16 Å². The van der Waals surface area contributed by atoms with Crippen LogP contribution in [-0.4, -0.2) is 52.5 Å². The van der Waals surface area contributed by atoms with E-state index in [9.17, 15) is 15.0 Å². The number of ether oxygens (including phenoxy) is 3. The Morgan fingerprint density at radius 1 is 0.833 bits per heavy atom. The Morgan fingerprint density at radius 2 is 1.47 bits per heavy atom. The predicted octanol–water partition coefficient (Wildman–Crippen LogP) is 5.33. The lowest BCUT2D eigenvalue weighted by atomic mass is 9.40. The molecule has 6 rings (SSSR count). The Hall–Kier alpha value is -0.850. The van der Waals surface area contributed by atoms with Gasteiger partial charge in [0.2, 0.25) is 0 Å². The molecule has 0 aromatic rings. The number of aliphatic hydroxyl groups excluding tert-OH is 2. The van der Waals surface area contributed by atoms with Crippen LogP contribution in [0.2, 0.25) is 0 Å². The molecule has 2 saturated heterocycles. The van der Waals surface area contributed by atoms with Crippen molar-refractivity contribution in [2.45, 2.75) is 130 Å². The number of hydrogen-bond donors (Lipinski definition) is 2. The van der Waals surface area contributed by atoms with Crippen molar-refractivity contribution in [2.75, 3.05) is 0 Å². The van der Waals surface area contributed by atoms with Crippen LogP contribution < -0.4 is 0 Å². The van der Waals surface area contributed by atoms with E-state index in [0.717, 1.165) is 38.5 Å². The molecule has 0 spiro atoms. The Balaban J connectivity index is 1.30. The Bertz CT molecular complexity index is 915. The van der Waals surface area contributed by atoms with E-state index in [4.69, 9.17) is 14.2 Å². The summed E-state index contributed by atoms with van der Waals surface area (Å²) in [6.07, 6.45) is 5.14. The highest BCUT2D eigenvalue weighted by molar-refractivity contribution is 5.63. The van der Waals surface area contributed by atoms with Gasteiger partial charge in [-0.3, -0.25) is 0 Å². The summed E-state index contributed by atoms with van der Waals surface area (Å²) in [4.78, 5) is 12.0. The summed E-state index contributed by atoms with van der Waals surface area (Å²) in [7, 11) is 0. The smallest absolute Gasteiger partial charge is 0.424 e. The molecule has 0 bridgehead atoms. The van der Waals surface area contributed by atoms with Gasteiger partial charge in [-0.05, 0) is 111 Å². The zero-order valence-corrected chi connectivity index (χ0v) is 23.3. The molecule has 13 atom stereocenters. The summed E-state index contributed by atoms with van der Waals surface area (Å²) < 4.78 is 17.8. The molecule has 2 aliphatic heterocycles. The molecule has 6 heteroatoms. The first-order valence-electron chi connectivity index (χ1n) is 14.6. The molecule has 4 saturated carbocycles. The Kier molecular flexibility index (Phi) is 5.54. The molecular weight excluding hydrogens is 456 g/mol. The number of hydrogen-bond acceptors (Lipinski definition) is 6. The van der Waals surface area contributed by atoms with Gasteiger partial charge in [-0.1, -0.05) is 34.6 Å². The van der Waals surface area contributed by atoms with Crippen LogP contribution in [0.1, 0.15) is 93.4 Å². The molecule has 6 fully saturated rings. The van der Waals surface area contributed by atoms with E-state index in [1.54, 1.807) is 0 Å². The SMILES string of the molecule is C[C@@H]1C[C@H]([C@@H]2OC(=O)OC2(C)C)OC2C1[C@@]1(C)CC[C@@]3(C)C4CC[C@H](O)C(C)(C)C4CC[C@H]3C1[C@H]2O. The summed E-state index contributed by atoms with van der Waals surface area (Å²) >= 11 is 0. The number of cyclic esters (lactones) is 2. The molecule has 6 aliphatic rings. The van der Waals surface area contributed by atoms with Crippen LogP contribution in [0.25, 0.3) is 0 Å². The highest BCUT2D eigenvalue weighted by atomic mass is 16.8. The van der Waals surface area contributed by atoms with Crippen molar-refractivity contribution in [1.29, 1.82) is 0 Å². The van der Waals surface area contributed by atoms with Gasteiger partial charge in [0, 0.05) is 0 Å². The van der Waals surface area contributed by atoms with E-state index in [1.165, 1.54) is 6.42 Å². The fourth-order valence-electron chi connectivity index (χ4n) is 11.1. The normalized spacial score (nSPS) is 57.0. The Labute approximate surface area is 216 Å². The molecule has 0 radical (unpaired) electrons. The third-order valence-corrected chi connectivity index (χ3v) is 12.9. The summed E-state index contributed by atoms with van der Waals surface area (Å²) in [5.41, 5.74) is -0.534. The van der Waals surface area contributed by atoms with Crippen LogP contribution in [-0.2, 0) is 14.2 Å². The predicted molar refractivity (Wildman–Crippen MR) is 135 cm³/mol. The highest BCUT2D eigenvalue weighted by Crippen LogP contribution is 2.72. The first-order valence-corrected chi connectivity index (χ1v) is 14.6. The van der Waals surface area contributed by atoms with Crippen molar-refractivity contribution in [3.63, 3.8) is 0 Å². The lowest BCUT2D eigenvalue weighted by Crippen LogP contribution is -2.60. The first-order chi connectivity index (χ1) is 16.7. The molecule has 6 nitrogen and oxygen atoms in total. The van der Waals surface area contributed by atoms with Gasteiger partial charge in [0.1, 0.15) is 5.60 Å². The second-order valence-corrected chi connectivity index (χ2v) is 15.2. The van der Waals surface area contributed by atoms with Crippen LogP contribution in [0.3, 0.4) is 0 Å². The van der Waals surface area contributed by atoms with E-state index in [-0.39, 0.29) is 40.5 Å². The van der Waals surface area contributed by atoms with Crippen LogP contribution in [0, 0.1) is 51.8 Å². The van der Waals surface area contributed by atoms with E-state index in [0.29, 0.717) is 29.6 Å².